The zero-order chi connectivity index (χ0) is 24.2. The maximum Gasteiger partial charge on any atom is 0.513 e. The van der Waals surface area contributed by atoms with Crippen molar-refractivity contribution in [2.75, 3.05) is 26.8 Å². The summed E-state index contributed by atoms with van der Waals surface area (Å²) in [6, 6.07) is 4.26. The Morgan fingerprint density at radius 1 is 1.23 bits per heavy atom. The van der Waals surface area contributed by atoms with Gasteiger partial charge in [-0.15, -0.1) is 0 Å². The Balaban J connectivity index is 1.44. The molecule has 7 aliphatic rings. The summed E-state index contributed by atoms with van der Waals surface area (Å²) in [5.41, 5.74) is 1.06. The molecule has 1 aromatic carbocycles. The van der Waals surface area contributed by atoms with E-state index in [1.165, 1.54) is 24.0 Å². The molecule has 7 heteroatoms. The minimum Gasteiger partial charge on any atom is -0.482 e. The molecule has 6 atom stereocenters. The first kappa shape index (κ1) is 21.9. The van der Waals surface area contributed by atoms with Gasteiger partial charge in [-0.05, 0) is 70.0 Å². The van der Waals surface area contributed by atoms with Gasteiger partial charge in [-0.3, -0.25) is 9.69 Å². The number of likely N-dealkylation sites (tertiary alicyclic amines) is 1. The van der Waals surface area contributed by atoms with Gasteiger partial charge in [0.2, 0.25) is 0 Å². The number of fused-ring (bicyclic) bond motifs is 1. The maximum absolute atomic E-state index is 13.1. The van der Waals surface area contributed by atoms with E-state index in [0.29, 0.717) is 17.5 Å². The second-order valence-electron chi connectivity index (χ2n) is 11.4. The molecule has 5 aliphatic carbocycles. The van der Waals surface area contributed by atoms with Crippen LogP contribution in [0.3, 0.4) is 0 Å². The fourth-order valence-corrected chi connectivity index (χ4v) is 8.55. The Labute approximate surface area is 205 Å². The van der Waals surface area contributed by atoms with Crippen molar-refractivity contribution in [2.45, 2.75) is 69.1 Å². The second kappa shape index (κ2) is 7.10. The van der Waals surface area contributed by atoms with Crippen molar-refractivity contribution in [3.63, 3.8) is 0 Å². The van der Waals surface area contributed by atoms with E-state index in [2.05, 4.69) is 23.1 Å². The average Bonchev–Trinajstić information content (AvgIpc) is 3.58. The van der Waals surface area contributed by atoms with E-state index in [0.717, 1.165) is 38.3 Å². The van der Waals surface area contributed by atoms with Crippen molar-refractivity contribution in [2.24, 2.45) is 17.3 Å². The van der Waals surface area contributed by atoms with E-state index in [9.17, 15) is 9.59 Å². The number of carbonyl (C=O) groups excluding carboxylic acids is 2. The van der Waals surface area contributed by atoms with Crippen molar-refractivity contribution < 1.29 is 28.5 Å². The smallest absolute Gasteiger partial charge is 0.482 e. The van der Waals surface area contributed by atoms with E-state index in [1.807, 2.05) is 6.07 Å². The van der Waals surface area contributed by atoms with Gasteiger partial charge in [0.15, 0.2) is 11.5 Å². The molecule has 35 heavy (non-hydrogen) atoms. The van der Waals surface area contributed by atoms with Crippen molar-refractivity contribution in [1.82, 2.24) is 4.90 Å². The molecule has 0 aromatic heterocycles. The summed E-state index contributed by atoms with van der Waals surface area (Å²) in [5, 5.41) is 0. The van der Waals surface area contributed by atoms with E-state index >= 15 is 0 Å². The molecule has 7 nitrogen and oxygen atoms in total. The molecule has 2 aliphatic heterocycles. The molecule has 186 valence electrons. The van der Waals surface area contributed by atoms with Crippen LogP contribution in [-0.4, -0.2) is 61.4 Å². The highest BCUT2D eigenvalue weighted by Crippen LogP contribution is 2.74. The summed E-state index contributed by atoms with van der Waals surface area (Å²) in [4.78, 5) is 28.1. The SMILES string of the molecule is CCOC(=O)Oc1ccc2c3c1O[C@H]1[C@@]4(OC)C=C[C@@]5(C[C@@H]4C(C)=O)[C@@H](C2)N(CC2CC2)CC[C@]315. The Bertz CT molecular complexity index is 1160. The van der Waals surface area contributed by atoms with Gasteiger partial charge in [0.25, 0.3) is 0 Å². The van der Waals surface area contributed by atoms with Gasteiger partial charge in [0, 0.05) is 30.7 Å². The third-order valence-corrected chi connectivity index (χ3v) is 10.0. The van der Waals surface area contributed by atoms with Gasteiger partial charge >= 0.3 is 6.16 Å². The summed E-state index contributed by atoms with van der Waals surface area (Å²) in [5.74, 6) is 1.69. The van der Waals surface area contributed by atoms with Gasteiger partial charge in [0.1, 0.15) is 17.5 Å². The highest BCUT2D eigenvalue weighted by molar-refractivity contribution is 5.82. The molecule has 2 saturated carbocycles. The summed E-state index contributed by atoms with van der Waals surface area (Å²) in [7, 11) is 1.70. The van der Waals surface area contributed by atoms with E-state index in [4.69, 9.17) is 18.9 Å². The molecule has 2 spiro atoms. The summed E-state index contributed by atoms with van der Waals surface area (Å²) in [6.45, 7) is 5.82. The fraction of sp³-hybridized carbons (Fsp3) is 0.643. The van der Waals surface area contributed by atoms with Crippen LogP contribution in [0.1, 0.15) is 50.7 Å². The Hall–Kier alpha value is -2.38. The van der Waals surface area contributed by atoms with Crippen LogP contribution in [0, 0.1) is 17.3 Å². The third-order valence-electron chi connectivity index (χ3n) is 10.0. The van der Waals surface area contributed by atoms with Crippen molar-refractivity contribution in [3.8, 4) is 11.5 Å². The topological polar surface area (TPSA) is 74.3 Å². The quantitative estimate of drug-likeness (QED) is 0.349. The highest BCUT2D eigenvalue weighted by atomic mass is 16.7. The van der Waals surface area contributed by atoms with Gasteiger partial charge < -0.3 is 18.9 Å². The number of hydrogen-bond acceptors (Lipinski definition) is 7. The number of ketones is 1. The highest BCUT2D eigenvalue weighted by Gasteiger charge is 2.79. The number of piperidine rings is 1. The molecule has 0 N–H and O–H groups in total. The van der Waals surface area contributed by atoms with Gasteiger partial charge in [-0.25, -0.2) is 4.79 Å². The van der Waals surface area contributed by atoms with Crippen LogP contribution in [0.4, 0.5) is 4.79 Å². The van der Waals surface area contributed by atoms with Crippen molar-refractivity contribution in [3.05, 3.63) is 35.4 Å². The first-order chi connectivity index (χ1) is 16.9. The Kier molecular flexibility index (Phi) is 4.44. The van der Waals surface area contributed by atoms with Gasteiger partial charge in [0.05, 0.1) is 17.9 Å². The van der Waals surface area contributed by atoms with Crippen LogP contribution in [-0.2, 0) is 26.1 Å². The lowest BCUT2D eigenvalue weighted by atomic mass is 9.37. The van der Waals surface area contributed by atoms with Gasteiger partial charge in [-0.2, -0.15) is 0 Å². The maximum atomic E-state index is 13.1. The number of hydrogen-bond donors (Lipinski definition) is 0. The zero-order valence-electron chi connectivity index (χ0n) is 20.7. The summed E-state index contributed by atoms with van der Waals surface area (Å²) >= 11 is 0. The first-order valence-electron chi connectivity index (χ1n) is 13.1. The molecule has 1 aromatic rings. The van der Waals surface area contributed by atoms with Gasteiger partial charge in [-0.1, -0.05) is 18.2 Å². The molecule has 3 fully saturated rings. The number of benzene rings is 1. The summed E-state index contributed by atoms with van der Waals surface area (Å²) in [6.07, 6.45) is 8.69. The molecule has 0 amide bonds. The first-order valence-corrected chi connectivity index (χ1v) is 13.1. The van der Waals surface area contributed by atoms with Crippen molar-refractivity contribution in [1.29, 1.82) is 0 Å². The minimum absolute atomic E-state index is 0.144. The number of Topliss-reactive ketones (excluding diaryl/α,β-unsaturated/α-hetero) is 1. The Morgan fingerprint density at radius 3 is 2.77 bits per heavy atom. The van der Waals surface area contributed by atoms with Crippen LogP contribution >= 0.6 is 0 Å². The number of rotatable bonds is 6. The van der Waals surface area contributed by atoms with E-state index in [-0.39, 0.29) is 35.2 Å². The molecule has 0 unspecified atom stereocenters. The van der Waals surface area contributed by atoms with Crippen molar-refractivity contribution >= 4 is 11.9 Å². The second-order valence-corrected chi connectivity index (χ2v) is 11.4. The third kappa shape index (κ3) is 2.53. The molecular formula is C28H33NO6. The molecule has 1 saturated heterocycles. The predicted molar refractivity (Wildman–Crippen MR) is 127 cm³/mol. The number of methoxy groups -OCH3 is 1. The van der Waals surface area contributed by atoms with Crippen LogP contribution in [0.2, 0.25) is 0 Å². The van der Waals surface area contributed by atoms with Crippen LogP contribution < -0.4 is 9.47 Å². The number of ether oxygens (including phenoxy) is 4. The molecular weight excluding hydrogens is 446 g/mol. The summed E-state index contributed by atoms with van der Waals surface area (Å²) < 4.78 is 23.8. The lowest BCUT2D eigenvalue weighted by Gasteiger charge is -2.71. The normalized spacial score (nSPS) is 39.7. The number of nitrogens with zero attached hydrogens (tertiary/aromatic N) is 1. The van der Waals surface area contributed by atoms with Crippen LogP contribution in [0.25, 0.3) is 0 Å². The zero-order valence-corrected chi connectivity index (χ0v) is 20.7. The van der Waals surface area contributed by atoms with E-state index in [1.54, 1.807) is 21.0 Å². The minimum atomic E-state index is -0.842. The molecule has 4 bridgehead atoms. The Morgan fingerprint density at radius 2 is 2.06 bits per heavy atom. The average molecular weight is 480 g/mol. The monoisotopic (exact) mass is 479 g/mol. The van der Waals surface area contributed by atoms with E-state index < -0.39 is 11.8 Å². The molecule has 8 rings (SSSR count). The number of carbonyl (C=O) groups is 2. The molecule has 2 heterocycles. The van der Waals surface area contributed by atoms with Crippen LogP contribution in [0.15, 0.2) is 24.3 Å². The lowest BCUT2D eigenvalue weighted by Crippen LogP contribution is -2.79. The fourth-order valence-electron chi connectivity index (χ4n) is 8.55. The predicted octanol–water partition coefficient (Wildman–Crippen LogP) is 3.81. The lowest BCUT2D eigenvalue weighted by molar-refractivity contribution is -0.214. The molecule has 0 radical (unpaired) electrons. The standard InChI is InChI=1S/C28H33NO6/c1-4-33-25(31)34-20-8-7-18-13-21-26-9-10-28(32-3,19(14-26)16(2)30)24-27(26,22(18)23(20)35-24)11-12-29(21)15-17-5-6-17/h7-10,17,19,21,24H,4-6,11-15H2,1-3H3/t19-,21-,24-,26-,27+,28-/m1/s1. The van der Waals surface area contributed by atoms with Crippen LogP contribution in [0.5, 0.6) is 11.5 Å². The largest absolute Gasteiger partial charge is 0.513 e.